The van der Waals surface area contributed by atoms with Crippen LogP contribution in [-0.4, -0.2) is 21.5 Å². The van der Waals surface area contributed by atoms with Crippen molar-refractivity contribution in [2.45, 2.75) is 53.4 Å². The summed E-state index contributed by atoms with van der Waals surface area (Å²) in [5.41, 5.74) is 4.48. The van der Waals surface area contributed by atoms with Gasteiger partial charge >= 0.3 is 0 Å². The molecule has 4 rings (SSSR count). The molecule has 2 aromatic rings. The highest BCUT2D eigenvalue weighted by molar-refractivity contribution is 6.12. The van der Waals surface area contributed by atoms with Gasteiger partial charge in [0.25, 0.3) is 0 Å². The summed E-state index contributed by atoms with van der Waals surface area (Å²) in [6.45, 7) is 8.43. The zero-order valence-corrected chi connectivity index (χ0v) is 15.8. The van der Waals surface area contributed by atoms with Crippen LogP contribution in [0.1, 0.15) is 72.6 Å². The van der Waals surface area contributed by atoms with E-state index in [0.29, 0.717) is 24.0 Å². The van der Waals surface area contributed by atoms with E-state index in [4.69, 9.17) is 4.98 Å². The first-order valence-electron chi connectivity index (χ1n) is 9.19. The maximum absolute atomic E-state index is 13.0. The van der Waals surface area contributed by atoms with Gasteiger partial charge in [-0.2, -0.15) is 0 Å². The van der Waals surface area contributed by atoms with Gasteiger partial charge in [-0.15, -0.1) is 0 Å². The predicted octanol–water partition coefficient (Wildman–Crippen LogP) is 4.45. The van der Waals surface area contributed by atoms with E-state index in [1.54, 1.807) is 12.4 Å². The Hall–Kier alpha value is -2.36. The van der Waals surface area contributed by atoms with Gasteiger partial charge in [-0.1, -0.05) is 27.7 Å². The molecule has 26 heavy (non-hydrogen) atoms. The van der Waals surface area contributed by atoms with Crippen molar-refractivity contribution in [2.24, 2.45) is 10.8 Å². The first-order chi connectivity index (χ1) is 12.2. The minimum Gasteiger partial charge on any atom is -0.294 e. The van der Waals surface area contributed by atoms with Crippen LogP contribution in [0.2, 0.25) is 0 Å². The molecule has 2 aliphatic rings. The van der Waals surface area contributed by atoms with Gasteiger partial charge in [0.05, 0.1) is 11.4 Å². The number of hydrogen-bond donors (Lipinski definition) is 0. The molecule has 0 saturated heterocycles. The lowest BCUT2D eigenvalue weighted by Gasteiger charge is -2.35. The fraction of sp³-hybridized carbons (Fsp3) is 0.455. The Morgan fingerprint density at radius 3 is 1.65 bits per heavy atom. The summed E-state index contributed by atoms with van der Waals surface area (Å²) in [5.74, 6) is 0.187. The Morgan fingerprint density at radius 2 is 1.19 bits per heavy atom. The minimum atomic E-state index is -0.102. The molecule has 0 N–H and O–H groups in total. The maximum Gasteiger partial charge on any atom is 0.165 e. The number of nitrogens with zero attached hydrogens (tertiary/aromatic N) is 2. The van der Waals surface area contributed by atoms with Crippen molar-refractivity contribution in [3.8, 4) is 11.1 Å². The number of carbonyl (C=O) groups excluding carboxylic acids is 2. The first kappa shape index (κ1) is 17.1. The van der Waals surface area contributed by atoms with Crippen molar-refractivity contribution in [2.75, 3.05) is 0 Å². The lowest BCUT2D eigenvalue weighted by molar-refractivity contribution is 0.0907. The summed E-state index contributed by atoms with van der Waals surface area (Å²) in [4.78, 5) is 35.1. The van der Waals surface area contributed by atoms with Crippen LogP contribution in [0, 0.1) is 10.8 Å². The van der Waals surface area contributed by atoms with Crippen LogP contribution < -0.4 is 0 Å². The maximum atomic E-state index is 13.0. The second-order valence-corrected chi connectivity index (χ2v) is 9.25. The third-order valence-electron chi connectivity index (χ3n) is 5.44. The Kier molecular flexibility index (Phi) is 3.66. The summed E-state index contributed by atoms with van der Waals surface area (Å²) in [5, 5.41) is 0. The standard InChI is InChI=1S/C22H24N2O2/c1-21(2)9-14-19(16(25)11-21)18(13-5-7-23-8-6-13)20-15(24-14)10-22(3,4)12-17(20)26/h5-8H,9-12H2,1-4H3. The number of pyridine rings is 2. The zero-order chi connectivity index (χ0) is 18.7. The molecule has 0 atom stereocenters. The fourth-order valence-corrected chi connectivity index (χ4v) is 4.43. The molecular formula is C22H24N2O2. The van der Waals surface area contributed by atoms with Gasteiger partial charge < -0.3 is 0 Å². The summed E-state index contributed by atoms with van der Waals surface area (Å²) in [6, 6.07) is 3.77. The van der Waals surface area contributed by atoms with E-state index in [2.05, 4.69) is 32.7 Å². The minimum absolute atomic E-state index is 0.0935. The van der Waals surface area contributed by atoms with Crippen LogP contribution in [0.15, 0.2) is 24.5 Å². The Morgan fingerprint density at radius 1 is 0.731 bits per heavy atom. The second kappa shape index (κ2) is 5.57. The fourth-order valence-electron chi connectivity index (χ4n) is 4.43. The molecule has 2 heterocycles. The Labute approximate surface area is 154 Å². The number of ketones is 2. The highest BCUT2D eigenvalue weighted by Crippen LogP contribution is 2.44. The molecule has 0 aromatic carbocycles. The van der Waals surface area contributed by atoms with Crippen molar-refractivity contribution < 1.29 is 9.59 Å². The van der Waals surface area contributed by atoms with Crippen LogP contribution in [0.4, 0.5) is 0 Å². The van der Waals surface area contributed by atoms with Crippen molar-refractivity contribution >= 4 is 11.6 Å². The molecular weight excluding hydrogens is 324 g/mol. The highest BCUT2D eigenvalue weighted by Gasteiger charge is 2.40. The number of rotatable bonds is 1. The quantitative estimate of drug-likeness (QED) is 0.764. The molecule has 2 aromatic heterocycles. The summed E-state index contributed by atoms with van der Waals surface area (Å²) in [7, 11) is 0. The molecule has 0 unspecified atom stereocenters. The van der Waals surface area contributed by atoms with Crippen molar-refractivity contribution in [1.29, 1.82) is 0 Å². The molecule has 4 nitrogen and oxygen atoms in total. The molecule has 0 fully saturated rings. The van der Waals surface area contributed by atoms with Crippen LogP contribution in [0.25, 0.3) is 11.1 Å². The van der Waals surface area contributed by atoms with E-state index < -0.39 is 0 Å². The van der Waals surface area contributed by atoms with Crippen LogP contribution in [0.5, 0.6) is 0 Å². The lowest BCUT2D eigenvalue weighted by Crippen LogP contribution is -2.33. The number of Topliss-reactive ketones (excluding diaryl/α,β-unsaturated/α-hetero) is 2. The molecule has 134 valence electrons. The first-order valence-corrected chi connectivity index (χ1v) is 9.19. The zero-order valence-electron chi connectivity index (χ0n) is 15.8. The Bertz CT molecular complexity index is 873. The van der Waals surface area contributed by atoms with Crippen molar-refractivity contribution in [1.82, 2.24) is 9.97 Å². The number of carbonyl (C=O) groups is 2. The van der Waals surface area contributed by atoms with Gasteiger partial charge in [0.2, 0.25) is 0 Å². The lowest BCUT2D eigenvalue weighted by atomic mass is 9.69. The van der Waals surface area contributed by atoms with Crippen LogP contribution in [0.3, 0.4) is 0 Å². The van der Waals surface area contributed by atoms with Gasteiger partial charge in [0.1, 0.15) is 0 Å². The monoisotopic (exact) mass is 348 g/mol. The number of fused-ring (bicyclic) bond motifs is 2. The molecule has 0 bridgehead atoms. The van der Waals surface area contributed by atoms with E-state index in [1.165, 1.54) is 0 Å². The van der Waals surface area contributed by atoms with Crippen molar-refractivity contribution in [3.05, 3.63) is 47.0 Å². The van der Waals surface area contributed by atoms with E-state index in [0.717, 1.165) is 35.4 Å². The summed E-state index contributed by atoms with van der Waals surface area (Å²) < 4.78 is 0. The summed E-state index contributed by atoms with van der Waals surface area (Å²) in [6.07, 6.45) is 5.91. The number of aromatic nitrogens is 2. The van der Waals surface area contributed by atoms with Gasteiger partial charge in [-0.05, 0) is 41.4 Å². The topological polar surface area (TPSA) is 59.9 Å². The molecule has 0 amide bonds. The van der Waals surface area contributed by atoms with Crippen LogP contribution >= 0.6 is 0 Å². The van der Waals surface area contributed by atoms with E-state index in [9.17, 15) is 9.59 Å². The smallest absolute Gasteiger partial charge is 0.165 e. The molecule has 0 saturated carbocycles. The molecule has 0 spiro atoms. The van der Waals surface area contributed by atoms with E-state index in [-0.39, 0.29) is 22.4 Å². The van der Waals surface area contributed by atoms with Gasteiger partial charge in [-0.25, -0.2) is 0 Å². The SMILES string of the molecule is CC1(C)CC(=O)c2c(nc3c(c2-c2ccncc2)C(=O)CC(C)(C)C3)C1. The average Bonchev–Trinajstić information content (AvgIpc) is 2.51. The van der Waals surface area contributed by atoms with Crippen molar-refractivity contribution in [3.63, 3.8) is 0 Å². The Balaban J connectivity index is 2.06. The van der Waals surface area contributed by atoms with E-state index in [1.807, 2.05) is 12.1 Å². The predicted molar refractivity (Wildman–Crippen MR) is 100 cm³/mol. The van der Waals surface area contributed by atoms with Gasteiger partial charge in [0, 0.05) is 41.9 Å². The number of hydrogen-bond acceptors (Lipinski definition) is 4. The third kappa shape index (κ3) is 2.77. The second-order valence-electron chi connectivity index (χ2n) is 9.25. The van der Waals surface area contributed by atoms with E-state index >= 15 is 0 Å². The largest absolute Gasteiger partial charge is 0.294 e. The van der Waals surface area contributed by atoms with Gasteiger partial charge in [-0.3, -0.25) is 19.6 Å². The molecule has 0 aliphatic heterocycles. The van der Waals surface area contributed by atoms with Crippen LogP contribution in [-0.2, 0) is 12.8 Å². The molecule has 2 aliphatic carbocycles. The molecule has 0 radical (unpaired) electrons. The summed E-state index contributed by atoms with van der Waals surface area (Å²) >= 11 is 0. The average molecular weight is 348 g/mol. The highest BCUT2D eigenvalue weighted by atomic mass is 16.1. The van der Waals surface area contributed by atoms with Gasteiger partial charge in [0.15, 0.2) is 11.6 Å². The third-order valence-corrected chi connectivity index (χ3v) is 5.44. The normalized spacial score (nSPS) is 20.5. The molecule has 4 heteroatoms.